The lowest BCUT2D eigenvalue weighted by atomic mass is 9.99. The summed E-state index contributed by atoms with van der Waals surface area (Å²) in [6, 6.07) is 65.2. The lowest BCUT2D eigenvalue weighted by Crippen LogP contribution is -2.00. The molecule has 0 spiro atoms. The molecule has 53 heavy (non-hydrogen) atoms. The van der Waals surface area contributed by atoms with Crippen LogP contribution in [0.2, 0.25) is 0 Å². The topological polar surface area (TPSA) is 51.8 Å². The molecule has 0 bridgehead atoms. The molecule has 8 aromatic carbocycles. The Labute approximate surface area is 306 Å². The molecule has 0 aliphatic carbocycles. The van der Waals surface area contributed by atoms with E-state index in [0.29, 0.717) is 17.5 Å². The van der Waals surface area contributed by atoms with E-state index in [1.807, 2.05) is 48.5 Å². The molecule has 0 saturated heterocycles. The van der Waals surface area contributed by atoms with Gasteiger partial charge in [-0.2, -0.15) is 0 Å². The van der Waals surface area contributed by atoms with Gasteiger partial charge in [-0.15, -0.1) is 0 Å². The molecule has 0 atom stereocenters. The molecule has 0 saturated carbocycles. The van der Waals surface area contributed by atoms with Gasteiger partial charge in [0.2, 0.25) is 0 Å². The van der Waals surface area contributed by atoms with Crippen LogP contribution in [-0.4, -0.2) is 15.0 Å². The number of furan rings is 1. The van der Waals surface area contributed by atoms with Gasteiger partial charge in [0.25, 0.3) is 0 Å². The van der Waals surface area contributed by atoms with Crippen molar-refractivity contribution in [1.82, 2.24) is 15.0 Å². The predicted molar refractivity (Wildman–Crippen MR) is 217 cm³/mol. The van der Waals surface area contributed by atoms with Gasteiger partial charge in [-0.1, -0.05) is 164 Å². The lowest BCUT2D eigenvalue weighted by molar-refractivity contribution is 0.669. The van der Waals surface area contributed by atoms with Crippen LogP contribution in [-0.2, 0) is 0 Å². The first-order chi connectivity index (χ1) is 26.2. The SMILES string of the molecule is c1ccc(-c2ccc(-c3ccc4c(c3)oc3cccc(-c5nc(-c6ccccc6)nc(-c6ccc(-c7ccc8ccccc8c7)cc6)n5)c34)cc2)cc1. The summed E-state index contributed by atoms with van der Waals surface area (Å²) in [5.74, 6) is 1.83. The Hall–Kier alpha value is -7.17. The number of hydrogen-bond donors (Lipinski definition) is 0. The Morgan fingerprint density at radius 1 is 0.302 bits per heavy atom. The van der Waals surface area contributed by atoms with Crippen LogP contribution in [0.5, 0.6) is 0 Å². The first kappa shape index (κ1) is 30.6. The zero-order chi connectivity index (χ0) is 35.1. The minimum atomic E-state index is 0.598. The normalized spacial score (nSPS) is 11.4. The maximum absolute atomic E-state index is 6.51. The van der Waals surface area contributed by atoms with Crippen molar-refractivity contribution < 1.29 is 4.42 Å². The van der Waals surface area contributed by atoms with Crippen LogP contribution in [0.1, 0.15) is 0 Å². The molecular weight excluding hydrogens is 647 g/mol. The standard InChI is InChI=1S/C49H31N3O/c1-3-10-32(11-4-1)34-18-20-36(21-19-34)41-28-29-42-45(31-41)53-44-17-9-16-43(46(42)44)49-51-47(37-13-5-2-6-14-37)50-48(52-49)38-25-22-35(23-26-38)40-27-24-33-12-7-8-15-39(33)30-40/h1-31H. The summed E-state index contributed by atoms with van der Waals surface area (Å²) in [6.07, 6.45) is 0. The van der Waals surface area contributed by atoms with E-state index in [1.54, 1.807) is 0 Å². The number of benzene rings is 8. The summed E-state index contributed by atoms with van der Waals surface area (Å²) in [6.45, 7) is 0. The Morgan fingerprint density at radius 2 is 0.792 bits per heavy atom. The third-order valence-corrected chi connectivity index (χ3v) is 9.96. The minimum absolute atomic E-state index is 0.598. The van der Waals surface area contributed by atoms with Gasteiger partial charge < -0.3 is 4.42 Å². The zero-order valence-corrected chi connectivity index (χ0v) is 28.6. The van der Waals surface area contributed by atoms with Gasteiger partial charge in [0.1, 0.15) is 11.2 Å². The van der Waals surface area contributed by atoms with Gasteiger partial charge in [0, 0.05) is 27.5 Å². The van der Waals surface area contributed by atoms with E-state index >= 15 is 0 Å². The maximum Gasteiger partial charge on any atom is 0.164 e. The first-order valence-electron chi connectivity index (χ1n) is 17.8. The summed E-state index contributed by atoms with van der Waals surface area (Å²) < 4.78 is 6.51. The average Bonchev–Trinajstić information content (AvgIpc) is 3.62. The molecule has 4 nitrogen and oxygen atoms in total. The van der Waals surface area contributed by atoms with Crippen LogP contribution in [0.25, 0.3) is 100 Å². The van der Waals surface area contributed by atoms with E-state index in [-0.39, 0.29) is 0 Å². The number of nitrogens with zero attached hydrogens (tertiary/aromatic N) is 3. The third kappa shape index (κ3) is 5.73. The van der Waals surface area contributed by atoms with E-state index in [4.69, 9.17) is 19.4 Å². The highest BCUT2D eigenvalue weighted by Gasteiger charge is 2.18. The Bertz CT molecular complexity index is 2910. The quantitative estimate of drug-likeness (QED) is 0.176. The van der Waals surface area contributed by atoms with Crippen molar-refractivity contribution in [2.75, 3.05) is 0 Å². The van der Waals surface area contributed by atoms with Crippen molar-refractivity contribution in [2.45, 2.75) is 0 Å². The third-order valence-electron chi connectivity index (χ3n) is 9.96. The van der Waals surface area contributed by atoms with Crippen molar-refractivity contribution in [1.29, 1.82) is 0 Å². The van der Waals surface area contributed by atoms with E-state index < -0.39 is 0 Å². The van der Waals surface area contributed by atoms with Crippen LogP contribution in [0, 0.1) is 0 Å². The number of fused-ring (bicyclic) bond motifs is 4. The van der Waals surface area contributed by atoms with Crippen LogP contribution >= 0.6 is 0 Å². The van der Waals surface area contributed by atoms with Crippen LogP contribution in [0.15, 0.2) is 192 Å². The van der Waals surface area contributed by atoms with Crippen molar-refractivity contribution in [3.8, 4) is 67.5 Å². The van der Waals surface area contributed by atoms with E-state index in [2.05, 4.69) is 140 Å². The molecule has 0 unspecified atom stereocenters. The summed E-state index contributed by atoms with van der Waals surface area (Å²) in [5, 5.41) is 4.45. The van der Waals surface area contributed by atoms with Gasteiger partial charge in [0.15, 0.2) is 17.5 Å². The minimum Gasteiger partial charge on any atom is -0.456 e. The summed E-state index contributed by atoms with van der Waals surface area (Å²) in [4.78, 5) is 15.2. The molecule has 0 fully saturated rings. The fourth-order valence-electron chi connectivity index (χ4n) is 7.20. The fourth-order valence-corrected chi connectivity index (χ4v) is 7.20. The highest BCUT2D eigenvalue weighted by atomic mass is 16.3. The molecule has 0 aliphatic rings. The lowest BCUT2D eigenvalue weighted by Gasteiger charge is -2.10. The van der Waals surface area contributed by atoms with Gasteiger partial charge >= 0.3 is 0 Å². The largest absolute Gasteiger partial charge is 0.456 e. The first-order valence-corrected chi connectivity index (χ1v) is 17.8. The van der Waals surface area contributed by atoms with Crippen molar-refractivity contribution >= 4 is 32.7 Å². The average molecular weight is 678 g/mol. The smallest absolute Gasteiger partial charge is 0.164 e. The molecule has 0 amide bonds. The van der Waals surface area contributed by atoms with Crippen LogP contribution in [0.3, 0.4) is 0 Å². The fraction of sp³-hybridized carbons (Fsp3) is 0. The molecule has 0 aliphatic heterocycles. The highest BCUT2D eigenvalue weighted by molar-refractivity contribution is 6.12. The molecule has 248 valence electrons. The highest BCUT2D eigenvalue weighted by Crippen LogP contribution is 2.38. The van der Waals surface area contributed by atoms with E-state index in [0.717, 1.165) is 55.3 Å². The summed E-state index contributed by atoms with van der Waals surface area (Å²) in [5.41, 5.74) is 11.3. The predicted octanol–water partition coefficient (Wildman–Crippen LogP) is 12.9. The summed E-state index contributed by atoms with van der Waals surface area (Å²) in [7, 11) is 0. The molecule has 4 heteroatoms. The van der Waals surface area contributed by atoms with Crippen molar-refractivity contribution in [3.63, 3.8) is 0 Å². The second-order valence-corrected chi connectivity index (χ2v) is 13.2. The van der Waals surface area contributed by atoms with Gasteiger partial charge in [0.05, 0.1) is 0 Å². The molecule has 0 radical (unpaired) electrons. The number of rotatable bonds is 6. The van der Waals surface area contributed by atoms with Crippen LogP contribution < -0.4 is 0 Å². The number of aromatic nitrogens is 3. The molecule has 2 heterocycles. The molecule has 10 rings (SSSR count). The van der Waals surface area contributed by atoms with E-state index in [9.17, 15) is 0 Å². The van der Waals surface area contributed by atoms with E-state index in [1.165, 1.54) is 27.5 Å². The molecule has 10 aromatic rings. The van der Waals surface area contributed by atoms with Crippen molar-refractivity contribution in [2.24, 2.45) is 0 Å². The molecular formula is C49H31N3O. The second-order valence-electron chi connectivity index (χ2n) is 13.2. The Balaban J connectivity index is 1.05. The maximum atomic E-state index is 6.51. The zero-order valence-electron chi connectivity index (χ0n) is 28.6. The Kier molecular flexibility index (Phi) is 7.43. The van der Waals surface area contributed by atoms with Gasteiger partial charge in [-0.25, -0.2) is 15.0 Å². The monoisotopic (exact) mass is 677 g/mol. The number of hydrogen-bond acceptors (Lipinski definition) is 4. The Morgan fingerprint density at radius 3 is 1.49 bits per heavy atom. The van der Waals surface area contributed by atoms with Crippen molar-refractivity contribution in [3.05, 3.63) is 188 Å². The summed E-state index contributed by atoms with van der Waals surface area (Å²) >= 11 is 0. The van der Waals surface area contributed by atoms with Gasteiger partial charge in [-0.3, -0.25) is 0 Å². The molecule has 2 aromatic heterocycles. The van der Waals surface area contributed by atoms with Gasteiger partial charge in [-0.05, 0) is 68.4 Å². The molecule has 0 N–H and O–H groups in total. The van der Waals surface area contributed by atoms with Crippen LogP contribution in [0.4, 0.5) is 0 Å². The second kappa shape index (κ2) is 12.9.